The first-order valence-corrected chi connectivity index (χ1v) is 13.0. The minimum absolute atomic E-state index is 0.719. The molecule has 174 valence electrons. The van der Waals surface area contributed by atoms with E-state index in [9.17, 15) is 0 Å². The third-order valence-corrected chi connectivity index (χ3v) is 7.67. The van der Waals surface area contributed by atoms with Crippen LogP contribution in [0.3, 0.4) is 0 Å². The Labute approximate surface area is 218 Å². The molecule has 0 saturated heterocycles. The Kier molecular flexibility index (Phi) is 5.30. The lowest BCUT2D eigenvalue weighted by Gasteiger charge is -2.10. The molecule has 0 unspecified atom stereocenters. The molecule has 0 saturated carbocycles. The van der Waals surface area contributed by atoms with Gasteiger partial charge < -0.3 is 0 Å². The van der Waals surface area contributed by atoms with Crippen LogP contribution in [-0.4, -0.2) is 15.0 Å². The number of hydrogen-bond acceptors (Lipinski definition) is 4. The maximum atomic E-state index is 4.99. The lowest BCUT2D eigenvalue weighted by atomic mass is 10.0. The van der Waals surface area contributed by atoms with Crippen molar-refractivity contribution in [3.05, 3.63) is 127 Å². The molecule has 4 heteroatoms. The Morgan fingerprint density at radius 2 is 1.05 bits per heavy atom. The van der Waals surface area contributed by atoms with Crippen LogP contribution in [-0.2, 0) is 0 Å². The summed E-state index contributed by atoms with van der Waals surface area (Å²) in [6, 6.07) is 43.8. The van der Waals surface area contributed by atoms with Crippen LogP contribution in [0.25, 0.3) is 65.5 Å². The van der Waals surface area contributed by atoms with Crippen LogP contribution in [0.2, 0.25) is 0 Å². The van der Waals surface area contributed by atoms with Crippen molar-refractivity contribution in [2.75, 3.05) is 0 Å². The average molecular weight is 492 g/mol. The predicted octanol–water partition coefficient (Wildman–Crippen LogP) is 8.91. The van der Waals surface area contributed by atoms with Crippen molar-refractivity contribution < 1.29 is 0 Å². The predicted molar refractivity (Wildman–Crippen MR) is 154 cm³/mol. The third kappa shape index (κ3) is 4.07. The Balaban J connectivity index is 1.37. The Bertz CT molecular complexity index is 1800. The van der Waals surface area contributed by atoms with Crippen molar-refractivity contribution in [2.45, 2.75) is 0 Å². The van der Waals surface area contributed by atoms with Crippen molar-refractivity contribution in [1.82, 2.24) is 15.0 Å². The highest BCUT2D eigenvalue weighted by Crippen LogP contribution is 2.36. The van der Waals surface area contributed by atoms with Gasteiger partial charge in [-0.3, -0.25) is 0 Å². The van der Waals surface area contributed by atoms with E-state index in [-0.39, 0.29) is 0 Å². The highest BCUT2D eigenvalue weighted by atomic mass is 32.1. The lowest BCUT2D eigenvalue weighted by molar-refractivity contribution is 1.18. The fourth-order valence-electron chi connectivity index (χ4n) is 4.65. The fraction of sp³-hybridized carbons (Fsp3) is 0. The minimum Gasteiger partial charge on any atom is -0.236 e. The van der Waals surface area contributed by atoms with Gasteiger partial charge >= 0.3 is 0 Å². The van der Waals surface area contributed by atoms with Gasteiger partial charge in [-0.15, -0.1) is 11.3 Å². The monoisotopic (exact) mass is 491 g/mol. The zero-order valence-electron chi connectivity index (χ0n) is 19.9. The highest BCUT2D eigenvalue weighted by Gasteiger charge is 2.13. The van der Waals surface area contributed by atoms with E-state index in [4.69, 9.17) is 15.0 Å². The molecule has 0 bridgehead atoms. The van der Waals surface area contributed by atoms with Crippen molar-refractivity contribution in [3.8, 4) is 44.5 Å². The molecule has 2 heterocycles. The molecule has 0 aliphatic rings. The molecule has 2 aromatic heterocycles. The van der Waals surface area contributed by atoms with Crippen molar-refractivity contribution in [2.24, 2.45) is 0 Å². The van der Waals surface area contributed by atoms with Gasteiger partial charge in [0, 0.05) is 27.6 Å². The number of thiazole rings is 1. The fourth-order valence-corrected chi connectivity index (χ4v) is 5.75. The number of aromatic nitrogens is 3. The summed E-state index contributed by atoms with van der Waals surface area (Å²) in [5.74, 6) is 0.719. The Morgan fingerprint density at radius 3 is 1.68 bits per heavy atom. The van der Waals surface area contributed by atoms with E-state index >= 15 is 0 Å². The normalized spacial score (nSPS) is 11.2. The molecular formula is C33H21N3S. The summed E-state index contributed by atoms with van der Waals surface area (Å²) in [6.07, 6.45) is 0. The molecule has 0 amide bonds. The second-order valence-corrected chi connectivity index (χ2v) is 9.93. The van der Waals surface area contributed by atoms with Gasteiger partial charge in [0.05, 0.1) is 21.6 Å². The molecule has 5 aromatic carbocycles. The topological polar surface area (TPSA) is 38.7 Å². The van der Waals surface area contributed by atoms with Crippen LogP contribution in [0, 0.1) is 0 Å². The highest BCUT2D eigenvalue weighted by molar-refractivity contribution is 7.22. The average Bonchev–Trinajstić information content (AvgIpc) is 3.43. The van der Waals surface area contributed by atoms with Gasteiger partial charge in [0.1, 0.15) is 5.01 Å². The summed E-state index contributed by atoms with van der Waals surface area (Å²) in [5.41, 5.74) is 7.14. The van der Waals surface area contributed by atoms with Gasteiger partial charge in [0.25, 0.3) is 0 Å². The Hall–Kier alpha value is -4.67. The van der Waals surface area contributed by atoms with E-state index < -0.39 is 0 Å². The number of fused-ring (bicyclic) bond motifs is 3. The molecule has 0 N–H and O–H groups in total. The molecule has 0 radical (unpaired) electrons. The SMILES string of the molecule is c1ccc(-c2cc(-c3ccccc3)nc(-c3ccc4c(ccc5nc(-c6ccccc6)sc54)c3)n2)cc1. The van der Waals surface area contributed by atoms with Gasteiger partial charge in [-0.25, -0.2) is 15.0 Å². The van der Waals surface area contributed by atoms with Crippen molar-refractivity contribution >= 4 is 32.3 Å². The number of nitrogens with zero attached hydrogens (tertiary/aromatic N) is 3. The van der Waals surface area contributed by atoms with Crippen LogP contribution in [0.15, 0.2) is 127 Å². The largest absolute Gasteiger partial charge is 0.236 e. The van der Waals surface area contributed by atoms with E-state index in [1.165, 1.54) is 10.1 Å². The molecule has 0 spiro atoms. The van der Waals surface area contributed by atoms with Gasteiger partial charge in [-0.05, 0) is 23.6 Å². The zero-order valence-corrected chi connectivity index (χ0v) is 20.7. The molecule has 3 nitrogen and oxygen atoms in total. The van der Waals surface area contributed by atoms with E-state index in [1.54, 1.807) is 11.3 Å². The summed E-state index contributed by atoms with van der Waals surface area (Å²) in [5, 5.41) is 3.39. The molecule has 0 aliphatic carbocycles. The first-order valence-electron chi connectivity index (χ1n) is 12.2. The van der Waals surface area contributed by atoms with Gasteiger partial charge in [0.2, 0.25) is 0 Å². The minimum atomic E-state index is 0.719. The van der Waals surface area contributed by atoms with Crippen LogP contribution >= 0.6 is 11.3 Å². The van der Waals surface area contributed by atoms with E-state index in [1.807, 2.05) is 42.5 Å². The first-order chi connectivity index (χ1) is 18.3. The van der Waals surface area contributed by atoms with Crippen molar-refractivity contribution in [3.63, 3.8) is 0 Å². The molecular weight excluding hydrogens is 470 g/mol. The molecule has 7 aromatic rings. The van der Waals surface area contributed by atoms with Crippen molar-refractivity contribution in [1.29, 1.82) is 0 Å². The maximum absolute atomic E-state index is 4.99. The third-order valence-electron chi connectivity index (χ3n) is 6.51. The zero-order chi connectivity index (χ0) is 24.6. The maximum Gasteiger partial charge on any atom is 0.160 e. The first kappa shape index (κ1) is 21.6. The molecule has 37 heavy (non-hydrogen) atoms. The molecule has 0 aliphatic heterocycles. The lowest BCUT2D eigenvalue weighted by Crippen LogP contribution is -1.96. The van der Waals surface area contributed by atoms with Gasteiger partial charge in [-0.1, -0.05) is 109 Å². The standard InChI is InChI=1S/C33H21N3S/c1-4-10-22(11-5-1)29-21-30(23-12-6-2-7-13-23)35-32(34-29)26-16-18-27-25(20-26)17-19-28-31(27)37-33(36-28)24-14-8-3-9-15-24/h1-21H. The van der Waals surface area contributed by atoms with E-state index in [2.05, 4.69) is 84.9 Å². The second kappa shape index (κ2) is 9.08. The van der Waals surface area contributed by atoms with Gasteiger partial charge in [0.15, 0.2) is 5.82 Å². The summed E-state index contributed by atoms with van der Waals surface area (Å²) >= 11 is 1.74. The second-order valence-electron chi connectivity index (χ2n) is 8.93. The summed E-state index contributed by atoms with van der Waals surface area (Å²) < 4.78 is 1.20. The summed E-state index contributed by atoms with van der Waals surface area (Å²) in [6.45, 7) is 0. The number of hydrogen-bond donors (Lipinski definition) is 0. The number of benzene rings is 5. The van der Waals surface area contributed by atoms with Crippen LogP contribution in [0.5, 0.6) is 0 Å². The summed E-state index contributed by atoms with van der Waals surface area (Å²) in [7, 11) is 0. The smallest absolute Gasteiger partial charge is 0.160 e. The van der Waals surface area contributed by atoms with Crippen LogP contribution in [0.4, 0.5) is 0 Å². The van der Waals surface area contributed by atoms with E-state index in [0.29, 0.717) is 0 Å². The van der Waals surface area contributed by atoms with E-state index in [0.717, 1.165) is 55.4 Å². The summed E-state index contributed by atoms with van der Waals surface area (Å²) in [4.78, 5) is 14.9. The van der Waals surface area contributed by atoms with Crippen LogP contribution < -0.4 is 0 Å². The van der Waals surface area contributed by atoms with Gasteiger partial charge in [-0.2, -0.15) is 0 Å². The molecule has 7 rings (SSSR count). The van der Waals surface area contributed by atoms with Crippen LogP contribution in [0.1, 0.15) is 0 Å². The Morgan fingerprint density at radius 1 is 0.459 bits per heavy atom. The quantitative estimate of drug-likeness (QED) is 0.247. The molecule has 0 fully saturated rings. The number of rotatable bonds is 4. The molecule has 0 atom stereocenters.